The molecule has 4 aliphatic heterocycles. The number of benzene rings is 2. The van der Waals surface area contributed by atoms with Crippen molar-refractivity contribution in [3.05, 3.63) is 70.3 Å². The summed E-state index contributed by atoms with van der Waals surface area (Å²) in [6.45, 7) is 4.93. The second kappa shape index (κ2) is 9.61. The smallest absolute Gasteiger partial charge is 0.254 e. The number of nitrogens with one attached hydrogen (secondary N) is 1. The molecule has 0 spiro atoms. The first-order valence-corrected chi connectivity index (χ1v) is 13.3. The Morgan fingerprint density at radius 1 is 1.14 bits per heavy atom. The van der Waals surface area contributed by atoms with E-state index >= 15 is 0 Å². The number of hydrogen-bond donors (Lipinski definition) is 2. The number of nitrogens with zero attached hydrogens (tertiary/aromatic N) is 2. The molecule has 2 fully saturated rings. The lowest BCUT2D eigenvalue weighted by atomic mass is 9.85. The highest BCUT2D eigenvalue weighted by atomic mass is 16.5. The van der Waals surface area contributed by atoms with Crippen LogP contribution < -0.4 is 5.32 Å². The molecule has 2 aromatic carbocycles. The minimum atomic E-state index is -0.654. The highest BCUT2D eigenvalue weighted by Gasteiger charge is 2.41. The van der Waals surface area contributed by atoms with Gasteiger partial charge in [-0.1, -0.05) is 31.2 Å². The van der Waals surface area contributed by atoms with Crippen LogP contribution in [0.25, 0.3) is 0 Å². The Morgan fingerprint density at radius 3 is 2.64 bits per heavy atom. The Hall–Kier alpha value is -2.74. The molecule has 0 radical (unpaired) electrons. The van der Waals surface area contributed by atoms with Crippen LogP contribution >= 0.6 is 0 Å². The summed E-state index contributed by atoms with van der Waals surface area (Å²) in [5.41, 5.74) is 4.81. The van der Waals surface area contributed by atoms with Crippen molar-refractivity contribution in [1.82, 2.24) is 15.1 Å². The van der Waals surface area contributed by atoms with Gasteiger partial charge in [-0.25, -0.2) is 0 Å². The summed E-state index contributed by atoms with van der Waals surface area (Å²) in [7, 11) is 0. The zero-order valence-electron chi connectivity index (χ0n) is 20.9. The molecule has 7 heteroatoms. The summed E-state index contributed by atoms with van der Waals surface area (Å²) in [4.78, 5) is 30.7. The molecule has 4 aliphatic rings. The maximum atomic E-state index is 13.5. The predicted octanol–water partition coefficient (Wildman–Crippen LogP) is 2.71. The average Bonchev–Trinajstić information content (AvgIpc) is 3.16. The van der Waals surface area contributed by atoms with Gasteiger partial charge in [0.05, 0.1) is 31.4 Å². The Bertz CT molecular complexity index is 1150. The molecule has 2 bridgehead atoms. The number of hydrogen-bond acceptors (Lipinski definition) is 5. The quantitative estimate of drug-likeness (QED) is 0.675. The van der Waals surface area contributed by atoms with Crippen molar-refractivity contribution in [2.24, 2.45) is 0 Å². The van der Waals surface area contributed by atoms with E-state index in [0.29, 0.717) is 37.4 Å². The summed E-state index contributed by atoms with van der Waals surface area (Å²) in [6, 6.07) is 14.1. The minimum absolute atomic E-state index is 0.0532. The van der Waals surface area contributed by atoms with Crippen molar-refractivity contribution in [2.45, 2.75) is 69.3 Å². The fraction of sp³-hybridized carbons (Fsp3) is 0.517. The molecule has 7 nitrogen and oxygen atoms in total. The molecule has 2 aromatic rings. The van der Waals surface area contributed by atoms with Gasteiger partial charge >= 0.3 is 0 Å². The van der Waals surface area contributed by atoms with Gasteiger partial charge in [0.2, 0.25) is 0 Å². The molecule has 2 unspecified atom stereocenters. The molecule has 5 atom stereocenters. The molecular weight excluding hydrogens is 454 g/mol. The van der Waals surface area contributed by atoms with Gasteiger partial charge in [0.25, 0.3) is 11.8 Å². The Labute approximate surface area is 212 Å². The van der Waals surface area contributed by atoms with Crippen LogP contribution in [0, 0.1) is 0 Å². The number of carbonyl (C=O) groups is 2. The lowest BCUT2D eigenvalue weighted by molar-refractivity contribution is -0.00717. The highest BCUT2D eigenvalue weighted by Crippen LogP contribution is 2.34. The second-order valence-corrected chi connectivity index (χ2v) is 10.8. The first-order valence-electron chi connectivity index (χ1n) is 13.3. The molecule has 0 saturated carbocycles. The summed E-state index contributed by atoms with van der Waals surface area (Å²) in [6.07, 6.45) is 2.95. The van der Waals surface area contributed by atoms with Crippen LogP contribution in [0.5, 0.6) is 0 Å². The van der Waals surface area contributed by atoms with Crippen molar-refractivity contribution in [3.63, 3.8) is 0 Å². The third-order valence-corrected chi connectivity index (χ3v) is 8.65. The first-order chi connectivity index (χ1) is 17.5. The number of ether oxygens (including phenoxy) is 1. The van der Waals surface area contributed by atoms with Crippen molar-refractivity contribution < 1.29 is 19.4 Å². The van der Waals surface area contributed by atoms with E-state index in [1.165, 1.54) is 11.1 Å². The van der Waals surface area contributed by atoms with Gasteiger partial charge in [-0.15, -0.1) is 0 Å². The maximum Gasteiger partial charge on any atom is 0.254 e. The van der Waals surface area contributed by atoms with E-state index in [1.807, 2.05) is 29.2 Å². The summed E-state index contributed by atoms with van der Waals surface area (Å²) in [5, 5.41) is 14.5. The summed E-state index contributed by atoms with van der Waals surface area (Å²) in [5.74, 6) is 0.131. The molecule has 0 aromatic heterocycles. The average molecular weight is 490 g/mol. The molecule has 4 heterocycles. The SMILES string of the molecule is CC[C@@H]1CN(C[C@H](O)[C@@H]2Cc3ccccc3CN2)C(=O)c2ccc(C(=O)N3C4CCC3COC4)cc21. The fourth-order valence-corrected chi connectivity index (χ4v) is 6.57. The number of aliphatic hydroxyl groups is 1. The number of morpholine rings is 1. The summed E-state index contributed by atoms with van der Waals surface area (Å²) >= 11 is 0. The predicted molar refractivity (Wildman–Crippen MR) is 136 cm³/mol. The van der Waals surface area contributed by atoms with E-state index in [9.17, 15) is 14.7 Å². The van der Waals surface area contributed by atoms with Crippen LogP contribution in [0.15, 0.2) is 42.5 Å². The van der Waals surface area contributed by atoms with Crippen molar-refractivity contribution in [2.75, 3.05) is 26.3 Å². The van der Waals surface area contributed by atoms with Gasteiger partial charge in [-0.3, -0.25) is 9.59 Å². The van der Waals surface area contributed by atoms with Crippen LogP contribution in [0.3, 0.4) is 0 Å². The minimum Gasteiger partial charge on any atom is -0.390 e. The van der Waals surface area contributed by atoms with Gasteiger partial charge in [0.15, 0.2) is 0 Å². The normalized spacial score (nSPS) is 28.0. The molecule has 36 heavy (non-hydrogen) atoms. The standard InChI is InChI=1S/C29H35N3O4/c1-2-18-14-31(15-27(33)26-12-19-5-3-4-6-21(19)13-30-26)29(35)24-10-7-20(11-25(18)24)28(34)32-22-8-9-23(32)17-36-16-22/h3-7,10-11,18,22-23,26-27,30,33H,2,8-9,12-17H2,1H3/t18-,22?,23?,26+,27+/m1/s1. The molecule has 2 saturated heterocycles. The number of fused-ring (bicyclic) bond motifs is 4. The number of amides is 2. The van der Waals surface area contributed by atoms with Gasteiger partial charge in [0, 0.05) is 42.7 Å². The van der Waals surface area contributed by atoms with Crippen LogP contribution in [0.2, 0.25) is 0 Å². The van der Waals surface area contributed by atoms with Crippen molar-refractivity contribution >= 4 is 11.8 Å². The fourth-order valence-electron chi connectivity index (χ4n) is 6.57. The van der Waals surface area contributed by atoms with Crippen molar-refractivity contribution in [3.8, 4) is 0 Å². The molecule has 6 rings (SSSR count). The third-order valence-electron chi connectivity index (χ3n) is 8.65. The molecule has 190 valence electrons. The molecule has 0 aliphatic carbocycles. The van der Waals surface area contributed by atoms with E-state index in [0.717, 1.165) is 37.8 Å². The Morgan fingerprint density at radius 2 is 1.89 bits per heavy atom. The highest BCUT2D eigenvalue weighted by molar-refractivity contribution is 6.00. The topological polar surface area (TPSA) is 82.1 Å². The number of rotatable bonds is 5. The molecule has 2 N–H and O–H groups in total. The zero-order chi connectivity index (χ0) is 24.8. The van der Waals surface area contributed by atoms with Crippen LogP contribution in [-0.4, -0.2) is 77.3 Å². The third kappa shape index (κ3) is 4.13. The van der Waals surface area contributed by atoms with Gasteiger partial charge in [-0.2, -0.15) is 0 Å². The van der Waals surface area contributed by atoms with Gasteiger partial charge in [0.1, 0.15) is 0 Å². The largest absolute Gasteiger partial charge is 0.390 e. The monoisotopic (exact) mass is 489 g/mol. The van der Waals surface area contributed by atoms with E-state index < -0.39 is 6.10 Å². The lowest BCUT2D eigenvalue weighted by Crippen LogP contribution is -2.52. The number of aliphatic hydroxyl groups excluding tert-OH is 1. The molecular formula is C29H35N3O4. The lowest BCUT2D eigenvalue weighted by Gasteiger charge is -2.38. The maximum absolute atomic E-state index is 13.5. The van der Waals surface area contributed by atoms with E-state index in [1.54, 1.807) is 11.0 Å². The van der Waals surface area contributed by atoms with Crippen LogP contribution in [0.1, 0.15) is 69.5 Å². The first kappa shape index (κ1) is 23.6. The van der Waals surface area contributed by atoms with Gasteiger partial charge in [-0.05, 0) is 60.6 Å². The molecule has 2 amide bonds. The van der Waals surface area contributed by atoms with E-state index in [-0.39, 0.29) is 35.9 Å². The number of carbonyl (C=O) groups excluding carboxylic acids is 2. The number of β-amino-alcohol motifs (C(OH)–C–C–N with tert-alkyl or cyclic N) is 1. The van der Waals surface area contributed by atoms with Gasteiger partial charge < -0.3 is 25.0 Å². The van der Waals surface area contributed by atoms with Crippen LogP contribution in [0.4, 0.5) is 0 Å². The Kier molecular flexibility index (Phi) is 6.32. The zero-order valence-corrected chi connectivity index (χ0v) is 20.9. The summed E-state index contributed by atoms with van der Waals surface area (Å²) < 4.78 is 5.65. The van der Waals surface area contributed by atoms with E-state index in [4.69, 9.17) is 4.74 Å². The Balaban J connectivity index is 1.19. The van der Waals surface area contributed by atoms with Crippen LogP contribution in [-0.2, 0) is 17.7 Å². The van der Waals surface area contributed by atoms with E-state index in [2.05, 4.69) is 24.4 Å². The second-order valence-electron chi connectivity index (χ2n) is 10.8. The van der Waals surface area contributed by atoms with Crippen molar-refractivity contribution in [1.29, 1.82) is 0 Å².